The van der Waals surface area contributed by atoms with Crippen LogP contribution >= 0.6 is 0 Å². The lowest BCUT2D eigenvalue weighted by Gasteiger charge is -2.16. The van der Waals surface area contributed by atoms with Crippen LogP contribution in [0.4, 0.5) is 26.3 Å². The third kappa shape index (κ3) is 6.20. The lowest BCUT2D eigenvalue weighted by molar-refractivity contribution is -0.138. The fraction of sp³-hybridized carbons (Fsp3) is 0.278. The molecule has 0 aliphatic rings. The second-order valence-electron chi connectivity index (χ2n) is 6.26. The van der Waals surface area contributed by atoms with Crippen LogP contribution in [0.2, 0.25) is 0 Å². The number of hydrogen-bond donors (Lipinski definition) is 2. The van der Waals surface area contributed by atoms with Crippen molar-refractivity contribution in [1.29, 1.82) is 0 Å². The average Bonchev–Trinajstić information content (AvgIpc) is 2.65. The zero-order valence-corrected chi connectivity index (χ0v) is 16.1. The first-order valence-corrected chi connectivity index (χ1v) is 9.82. The summed E-state index contributed by atoms with van der Waals surface area (Å²) in [5.41, 5.74) is -1.95. The first-order chi connectivity index (χ1) is 13.7. The molecule has 0 radical (unpaired) electrons. The molecule has 164 valence electrons. The molecule has 12 heteroatoms. The molecule has 0 saturated carbocycles. The standard InChI is InChI=1S/C18H16F6N2O3S/c1-11(12-4-2-5-13(8-12)17(19,20)21)26-16(27)10-25-30(28,29)15-7-3-6-14(9-15)18(22,23)24/h2-9,11,25H,10H2,1H3,(H,26,27). The van der Waals surface area contributed by atoms with Crippen molar-refractivity contribution >= 4 is 15.9 Å². The van der Waals surface area contributed by atoms with Crippen molar-refractivity contribution < 1.29 is 39.6 Å². The van der Waals surface area contributed by atoms with Crippen molar-refractivity contribution in [3.05, 3.63) is 65.2 Å². The van der Waals surface area contributed by atoms with Gasteiger partial charge in [0.05, 0.1) is 28.6 Å². The van der Waals surface area contributed by atoms with E-state index >= 15 is 0 Å². The molecular formula is C18H16F6N2O3S. The summed E-state index contributed by atoms with van der Waals surface area (Å²) in [5.74, 6) is -0.879. The summed E-state index contributed by atoms with van der Waals surface area (Å²) in [4.78, 5) is 11.3. The minimum absolute atomic E-state index is 0.138. The number of benzene rings is 2. The lowest BCUT2D eigenvalue weighted by Crippen LogP contribution is -2.38. The summed E-state index contributed by atoms with van der Waals surface area (Å²) in [6.07, 6.45) is -9.32. The third-order valence-electron chi connectivity index (χ3n) is 3.99. The van der Waals surface area contributed by atoms with Crippen molar-refractivity contribution in [3.8, 4) is 0 Å². The summed E-state index contributed by atoms with van der Waals surface area (Å²) in [6.45, 7) is 0.580. The van der Waals surface area contributed by atoms with Gasteiger partial charge in [-0.1, -0.05) is 18.2 Å². The maximum absolute atomic E-state index is 12.8. The highest BCUT2D eigenvalue weighted by atomic mass is 32.2. The highest BCUT2D eigenvalue weighted by Crippen LogP contribution is 2.31. The quantitative estimate of drug-likeness (QED) is 0.651. The molecule has 0 aliphatic carbocycles. The molecular weight excluding hydrogens is 438 g/mol. The number of amides is 1. The summed E-state index contributed by atoms with van der Waals surface area (Å²) in [7, 11) is -4.42. The SMILES string of the molecule is CC(NC(=O)CNS(=O)(=O)c1cccc(C(F)(F)F)c1)c1cccc(C(F)(F)F)c1. The third-order valence-corrected chi connectivity index (χ3v) is 5.38. The molecule has 0 aromatic heterocycles. The van der Waals surface area contributed by atoms with E-state index in [-0.39, 0.29) is 5.56 Å². The molecule has 2 aromatic carbocycles. The monoisotopic (exact) mass is 454 g/mol. The number of carbonyl (C=O) groups is 1. The minimum Gasteiger partial charge on any atom is -0.348 e. The van der Waals surface area contributed by atoms with Crippen LogP contribution in [0.3, 0.4) is 0 Å². The molecule has 1 unspecified atom stereocenters. The van der Waals surface area contributed by atoms with Crippen LogP contribution in [-0.2, 0) is 27.2 Å². The fourth-order valence-corrected chi connectivity index (χ4v) is 3.47. The molecule has 0 aliphatic heterocycles. The molecule has 0 heterocycles. The van der Waals surface area contributed by atoms with E-state index in [1.54, 1.807) is 0 Å². The molecule has 2 N–H and O–H groups in total. The highest BCUT2D eigenvalue weighted by Gasteiger charge is 2.32. The second-order valence-corrected chi connectivity index (χ2v) is 8.03. The summed E-state index contributed by atoms with van der Waals surface area (Å²) < 4.78 is 103. The molecule has 0 bridgehead atoms. The Morgan fingerprint density at radius 3 is 2.03 bits per heavy atom. The van der Waals surface area contributed by atoms with Gasteiger partial charge in [0.2, 0.25) is 15.9 Å². The molecule has 1 atom stereocenters. The number of rotatable bonds is 6. The van der Waals surface area contributed by atoms with E-state index in [4.69, 9.17) is 0 Å². The number of carbonyl (C=O) groups excluding carboxylic acids is 1. The molecule has 0 spiro atoms. The Kier molecular flexibility index (Phi) is 6.82. The summed E-state index contributed by atoms with van der Waals surface area (Å²) >= 11 is 0. The summed E-state index contributed by atoms with van der Waals surface area (Å²) in [5, 5.41) is 2.32. The maximum atomic E-state index is 12.8. The normalized spacial score (nSPS) is 13.7. The molecule has 2 rings (SSSR count). The Labute approximate surface area is 168 Å². The van der Waals surface area contributed by atoms with E-state index in [0.29, 0.717) is 12.1 Å². The van der Waals surface area contributed by atoms with Gasteiger partial charge in [-0.3, -0.25) is 4.79 Å². The Hall–Kier alpha value is -2.60. The molecule has 5 nitrogen and oxygen atoms in total. The molecule has 30 heavy (non-hydrogen) atoms. The van der Waals surface area contributed by atoms with E-state index < -0.39 is 56.9 Å². The van der Waals surface area contributed by atoms with Crippen LogP contribution in [0.25, 0.3) is 0 Å². The second kappa shape index (κ2) is 8.64. The highest BCUT2D eigenvalue weighted by molar-refractivity contribution is 7.89. The van der Waals surface area contributed by atoms with E-state index in [2.05, 4.69) is 5.32 Å². The average molecular weight is 454 g/mol. The van der Waals surface area contributed by atoms with E-state index in [9.17, 15) is 39.6 Å². The predicted octanol–water partition coefficient (Wildman–Crippen LogP) is 3.88. The van der Waals surface area contributed by atoms with Crippen molar-refractivity contribution in [2.24, 2.45) is 0 Å². The van der Waals surface area contributed by atoms with Crippen molar-refractivity contribution in [1.82, 2.24) is 10.0 Å². The first-order valence-electron chi connectivity index (χ1n) is 8.33. The number of sulfonamides is 1. The van der Waals surface area contributed by atoms with E-state index in [1.165, 1.54) is 13.0 Å². The Bertz CT molecular complexity index is 1020. The number of alkyl halides is 6. The van der Waals surface area contributed by atoms with Gasteiger partial charge in [0.25, 0.3) is 0 Å². The number of halogens is 6. The van der Waals surface area contributed by atoms with Gasteiger partial charge < -0.3 is 5.32 Å². The van der Waals surface area contributed by atoms with Crippen LogP contribution < -0.4 is 10.0 Å². The van der Waals surface area contributed by atoms with Gasteiger partial charge in [-0.2, -0.15) is 26.3 Å². The lowest BCUT2D eigenvalue weighted by atomic mass is 10.0. The van der Waals surface area contributed by atoms with Crippen molar-refractivity contribution in [3.63, 3.8) is 0 Å². The van der Waals surface area contributed by atoms with Crippen LogP contribution in [0.15, 0.2) is 53.4 Å². The minimum atomic E-state index is -4.75. The van der Waals surface area contributed by atoms with Gasteiger partial charge in [-0.25, -0.2) is 13.1 Å². The van der Waals surface area contributed by atoms with Gasteiger partial charge >= 0.3 is 12.4 Å². The van der Waals surface area contributed by atoms with Gasteiger partial charge in [-0.05, 0) is 42.8 Å². The zero-order valence-electron chi connectivity index (χ0n) is 15.3. The van der Waals surface area contributed by atoms with Gasteiger partial charge in [0.1, 0.15) is 0 Å². The van der Waals surface area contributed by atoms with Crippen LogP contribution in [-0.4, -0.2) is 20.9 Å². The predicted molar refractivity (Wildman–Crippen MR) is 94.6 cm³/mol. The van der Waals surface area contributed by atoms with Crippen molar-refractivity contribution in [2.75, 3.05) is 6.54 Å². The van der Waals surface area contributed by atoms with Crippen LogP contribution in [0.1, 0.15) is 29.7 Å². The summed E-state index contributed by atoms with van der Waals surface area (Å²) in [6, 6.07) is 6.31. The largest absolute Gasteiger partial charge is 0.416 e. The fourth-order valence-electron chi connectivity index (χ4n) is 2.44. The van der Waals surface area contributed by atoms with Crippen molar-refractivity contribution in [2.45, 2.75) is 30.2 Å². The van der Waals surface area contributed by atoms with Gasteiger partial charge in [0, 0.05) is 0 Å². The Morgan fingerprint density at radius 1 is 0.933 bits per heavy atom. The van der Waals surface area contributed by atoms with Gasteiger partial charge in [0.15, 0.2) is 0 Å². The topological polar surface area (TPSA) is 75.3 Å². The Morgan fingerprint density at radius 2 is 1.47 bits per heavy atom. The zero-order chi connectivity index (χ0) is 22.7. The first kappa shape index (κ1) is 23.7. The smallest absolute Gasteiger partial charge is 0.348 e. The van der Waals surface area contributed by atoms with Crippen LogP contribution in [0.5, 0.6) is 0 Å². The van der Waals surface area contributed by atoms with Gasteiger partial charge in [-0.15, -0.1) is 0 Å². The Balaban J connectivity index is 2.04. The molecule has 2 aromatic rings. The molecule has 0 saturated heterocycles. The van der Waals surface area contributed by atoms with Crippen LogP contribution in [0, 0.1) is 0 Å². The maximum Gasteiger partial charge on any atom is 0.416 e. The molecule has 0 fully saturated rings. The van der Waals surface area contributed by atoms with E-state index in [1.807, 2.05) is 4.72 Å². The number of nitrogens with one attached hydrogen (secondary N) is 2. The number of hydrogen-bond acceptors (Lipinski definition) is 3. The molecule has 1 amide bonds. The van der Waals surface area contributed by atoms with E-state index in [0.717, 1.165) is 30.3 Å².